The maximum absolute atomic E-state index is 15.0. The zero-order valence-electron chi connectivity index (χ0n) is 19.4. The van der Waals surface area contributed by atoms with Gasteiger partial charge in [0.25, 0.3) is 5.91 Å². The predicted molar refractivity (Wildman–Crippen MR) is 129 cm³/mol. The van der Waals surface area contributed by atoms with E-state index in [1.54, 1.807) is 30.5 Å². The van der Waals surface area contributed by atoms with E-state index in [9.17, 15) is 23.0 Å². The average molecular weight is 504 g/mol. The summed E-state index contributed by atoms with van der Waals surface area (Å²) in [7, 11) is -2.51. The van der Waals surface area contributed by atoms with Crippen molar-refractivity contribution in [2.45, 2.75) is 20.0 Å². The zero-order valence-corrected chi connectivity index (χ0v) is 20.2. The number of hydrogen-bond acceptors (Lipinski definition) is 7. The monoisotopic (exact) mass is 503 g/mol. The van der Waals surface area contributed by atoms with E-state index in [0.717, 1.165) is 0 Å². The van der Waals surface area contributed by atoms with Crippen LogP contribution in [0.4, 0.5) is 20.7 Å². The predicted octanol–water partition coefficient (Wildman–Crippen LogP) is 2.18. The van der Waals surface area contributed by atoms with Crippen LogP contribution in [0, 0.1) is 5.82 Å². The topological polar surface area (TPSA) is 121 Å². The molecule has 1 atom stereocenters. The molecule has 1 aromatic heterocycles. The lowest BCUT2D eigenvalue weighted by molar-refractivity contribution is -0.119. The highest BCUT2D eigenvalue weighted by Gasteiger charge is 2.32. The third-order valence-electron chi connectivity index (χ3n) is 5.76. The summed E-state index contributed by atoms with van der Waals surface area (Å²) in [5.74, 6) is 0.0788. The number of amides is 3. The molecule has 12 heteroatoms. The average Bonchev–Trinajstić information content (AvgIpc) is 3.18. The van der Waals surface area contributed by atoms with Crippen LogP contribution in [0.5, 0.6) is 0 Å². The third-order valence-corrected chi connectivity index (χ3v) is 7.99. The van der Waals surface area contributed by atoms with Crippen LogP contribution in [0.2, 0.25) is 0 Å². The van der Waals surface area contributed by atoms with E-state index in [1.165, 1.54) is 24.8 Å². The highest BCUT2D eigenvalue weighted by Crippen LogP contribution is 2.29. The van der Waals surface area contributed by atoms with Crippen molar-refractivity contribution in [1.82, 2.24) is 10.3 Å². The number of aromatic nitrogens is 1. The number of pyridine rings is 1. The molecular weight excluding hydrogens is 477 g/mol. The lowest BCUT2D eigenvalue weighted by atomic mass is 10.1. The maximum Gasteiger partial charge on any atom is 0.414 e. The van der Waals surface area contributed by atoms with Gasteiger partial charge < -0.3 is 15.0 Å². The van der Waals surface area contributed by atoms with Crippen LogP contribution in [-0.4, -0.2) is 70.9 Å². The second-order valence-corrected chi connectivity index (χ2v) is 10.9. The Kier molecular flexibility index (Phi) is 7.01. The Morgan fingerprint density at radius 1 is 1.23 bits per heavy atom. The number of halogens is 1. The molecule has 10 nitrogen and oxygen atoms in total. The minimum Gasteiger partial charge on any atom is -0.442 e. The molecule has 2 saturated heterocycles. The van der Waals surface area contributed by atoms with Crippen molar-refractivity contribution in [3.05, 3.63) is 42.3 Å². The fourth-order valence-electron chi connectivity index (χ4n) is 4.01. The molecular formula is C23H26FN5O5S. The number of ether oxygens (including phenoxy) is 1. The van der Waals surface area contributed by atoms with Crippen LogP contribution in [0.25, 0.3) is 11.1 Å². The molecule has 1 aromatic carbocycles. The SMILES string of the molecule is CC(=O)N=S1(=O)CCN(c2ccc(-c3ccc(N4C[C@H](CNC(C)=O)OC4=O)cc3F)cn2)CC1. The van der Waals surface area contributed by atoms with E-state index in [-0.39, 0.29) is 30.5 Å². The van der Waals surface area contributed by atoms with E-state index >= 15 is 0 Å². The molecule has 3 heterocycles. The molecule has 35 heavy (non-hydrogen) atoms. The molecule has 2 aliphatic heterocycles. The molecule has 3 amide bonds. The van der Waals surface area contributed by atoms with Crippen LogP contribution in [-0.2, 0) is 24.1 Å². The summed E-state index contributed by atoms with van der Waals surface area (Å²) >= 11 is 0. The number of nitrogens with one attached hydrogen (secondary N) is 1. The van der Waals surface area contributed by atoms with Crippen LogP contribution in [0.15, 0.2) is 40.9 Å². The minimum atomic E-state index is -2.51. The maximum atomic E-state index is 15.0. The van der Waals surface area contributed by atoms with E-state index in [2.05, 4.69) is 14.7 Å². The first kappa shape index (κ1) is 24.6. The van der Waals surface area contributed by atoms with Crippen molar-refractivity contribution >= 4 is 39.1 Å². The fourth-order valence-corrected chi connectivity index (χ4v) is 5.88. The Bertz CT molecular complexity index is 1260. The van der Waals surface area contributed by atoms with E-state index in [0.29, 0.717) is 35.7 Å². The van der Waals surface area contributed by atoms with Gasteiger partial charge in [-0.05, 0) is 30.3 Å². The van der Waals surface area contributed by atoms with Gasteiger partial charge in [0.05, 0.1) is 28.5 Å². The first-order valence-electron chi connectivity index (χ1n) is 11.1. The van der Waals surface area contributed by atoms with Gasteiger partial charge in [0.1, 0.15) is 17.7 Å². The molecule has 0 unspecified atom stereocenters. The summed E-state index contributed by atoms with van der Waals surface area (Å²) in [6.45, 7) is 3.99. The van der Waals surface area contributed by atoms with Crippen molar-refractivity contribution in [2.24, 2.45) is 4.36 Å². The number of nitrogens with zero attached hydrogens (tertiary/aromatic N) is 4. The van der Waals surface area contributed by atoms with Crippen molar-refractivity contribution < 1.29 is 27.7 Å². The number of hydrogen-bond donors (Lipinski definition) is 1. The number of anilines is 2. The van der Waals surface area contributed by atoms with Crippen LogP contribution < -0.4 is 15.1 Å². The van der Waals surface area contributed by atoms with Crippen LogP contribution in [0.1, 0.15) is 13.8 Å². The summed E-state index contributed by atoms with van der Waals surface area (Å²) in [6, 6.07) is 8.00. The lowest BCUT2D eigenvalue weighted by Crippen LogP contribution is -2.40. The molecule has 0 radical (unpaired) electrons. The molecule has 1 N–H and O–H groups in total. The highest BCUT2D eigenvalue weighted by molar-refractivity contribution is 7.94. The normalized spacial score (nSPS) is 19.3. The van der Waals surface area contributed by atoms with E-state index in [4.69, 9.17) is 4.74 Å². The second-order valence-electron chi connectivity index (χ2n) is 8.40. The Labute approximate surface area is 202 Å². The Hall–Kier alpha value is -3.54. The molecule has 0 saturated carbocycles. The number of rotatable bonds is 5. The molecule has 2 aliphatic rings. The minimum absolute atomic E-state index is 0.190. The lowest BCUT2D eigenvalue weighted by Gasteiger charge is -2.29. The molecule has 2 fully saturated rings. The van der Waals surface area contributed by atoms with Crippen LogP contribution >= 0.6 is 0 Å². The number of cyclic esters (lactones) is 1. The van der Waals surface area contributed by atoms with Crippen LogP contribution in [0.3, 0.4) is 0 Å². The summed E-state index contributed by atoms with van der Waals surface area (Å²) in [5, 5.41) is 2.60. The Morgan fingerprint density at radius 3 is 2.57 bits per heavy atom. The number of carbonyl (C=O) groups is 3. The second kappa shape index (κ2) is 9.98. The zero-order chi connectivity index (χ0) is 25.2. The van der Waals surface area contributed by atoms with Gasteiger partial charge in [-0.1, -0.05) is 0 Å². The van der Waals surface area contributed by atoms with E-state index < -0.39 is 33.7 Å². The summed E-state index contributed by atoms with van der Waals surface area (Å²) in [5.41, 5.74) is 1.26. The van der Waals surface area contributed by atoms with E-state index in [1.807, 2.05) is 4.90 Å². The summed E-state index contributed by atoms with van der Waals surface area (Å²) < 4.78 is 36.5. The Morgan fingerprint density at radius 2 is 1.97 bits per heavy atom. The van der Waals surface area contributed by atoms with Gasteiger partial charge in [-0.3, -0.25) is 14.5 Å². The fraction of sp³-hybridized carbons (Fsp3) is 0.391. The molecule has 0 bridgehead atoms. The molecule has 2 aromatic rings. The van der Waals surface area contributed by atoms with Gasteiger partial charge in [0.15, 0.2) is 0 Å². The van der Waals surface area contributed by atoms with Gasteiger partial charge >= 0.3 is 6.09 Å². The van der Waals surface area contributed by atoms with Gasteiger partial charge in [-0.15, -0.1) is 0 Å². The molecule has 0 aliphatic carbocycles. The van der Waals surface area contributed by atoms with Crippen molar-refractivity contribution in [3.63, 3.8) is 0 Å². The highest BCUT2D eigenvalue weighted by atomic mass is 32.2. The van der Waals surface area contributed by atoms with Gasteiger partial charge in [-0.25, -0.2) is 18.4 Å². The van der Waals surface area contributed by atoms with Gasteiger partial charge in [0, 0.05) is 55.8 Å². The quantitative estimate of drug-likeness (QED) is 0.664. The standard InChI is InChI=1S/C23H26FN5O5S/c1-15(30)25-13-19-14-29(23(32)34-19)18-4-5-20(21(24)11-18)17-3-6-22(26-12-17)28-7-9-35(33,10-8-28)27-16(2)31/h3-6,11-12,19H,7-10,13-14H2,1-2H3,(H,25,30)/t19-/m0/s1. The Balaban J connectivity index is 1.43. The third kappa shape index (κ3) is 5.76. The van der Waals surface area contributed by atoms with Gasteiger partial charge in [-0.2, -0.15) is 4.36 Å². The smallest absolute Gasteiger partial charge is 0.414 e. The number of benzene rings is 1. The van der Waals surface area contributed by atoms with Crippen molar-refractivity contribution in [1.29, 1.82) is 0 Å². The van der Waals surface area contributed by atoms with Crippen molar-refractivity contribution in [2.75, 3.05) is 47.5 Å². The first-order valence-corrected chi connectivity index (χ1v) is 13.0. The molecule has 0 spiro atoms. The largest absolute Gasteiger partial charge is 0.442 e. The molecule has 4 rings (SSSR count). The van der Waals surface area contributed by atoms with Gasteiger partial charge in [0.2, 0.25) is 5.91 Å². The number of carbonyl (C=O) groups excluding carboxylic acids is 3. The summed E-state index contributed by atoms with van der Waals surface area (Å²) in [6.07, 6.45) is 0.456. The summed E-state index contributed by atoms with van der Waals surface area (Å²) in [4.78, 5) is 42.2. The first-order chi connectivity index (χ1) is 16.6. The molecule has 186 valence electrons. The van der Waals surface area contributed by atoms with Crippen molar-refractivity contribution in [3.8, 4) is 11.1 Å².